The van der Waals surface area contributed by atoms with Gasteiger partial charge in [0.1, 0.15) is 24.0 Å². The van der Waals surface area contributed by atoms with Crippen LogP contribution in [0, 0.1) is 12.7 Å². The second kappa shape index (κ2) is 11.8. The summed E-state index contributed by atoms with van der Waals surface area (Å²) >= 11 is 5.91. The zero-order valence-electron chi connectivity index (χ0n) is 23.0. The Morgan fingerprint density at radius 3 is 2.66 bits per heavy atom. The third-order valence-corrected chi connectivity index (χ3v) is 8.51. The number of carboxylic acids is 1. The molecule has 2 aliphatic heterocycles. The normalized spacial score (nSPS) is 18.0. The first-order valence-corrected chi connectivity index (χ1v) is 14.5. The van der Waals surface area contributed by atoms with Crippen molar-refractivity contribution in [1.29, 1.82) is 0 Å². The Morgan fingerprint density at radius 1 is 1.15 bits per heavy atom. The van der Waals surface area contributed by atoms with Gasteiger partial charge in [-0.2, -0.15) is 0 Å². The van der Waals surface area contributed by atoms with Crippen molar-refractivity contribution in [3.63, 3.8) is 0 Å². The minimum Gasteiger partial charge on any atom is -0.488 e. The van der Waals surface area contributed by atoms with Gasteiger partial charge in [-0.05, 0) is 86.7 Å². The van der Waals surface area contributed by atoms with E-state index in [1.54, 1.807) is 30.3 Å². The van der Waals surface area contributed by atoms with E-state index in [-0.39, 0.29) is 24.1 Å². The fourth-order valence-corrected chi connectivity index (χ4v) is 6.01. The van der Waals surface area contributed by atoms with Gasteiger partial charge < -0.3 is 19.1 Å². The lowest BCUT2D eigenvalue weighted by molar-refractivity contribution is -0.0592. The third kappa shape index (κ3) is 5.96. The molecule has 3 heterocycles. The zero-order chi connectivity index (χ0) is 28.5. The number of carbonyl (C=O) groups is 1. The molecule has 0 bridgehead atoms. The number of aryl methyl sites for hydroxylation is 1. The fraction of sp³-hybridized carbons (Fsp3) is 0.375. The number of imidazole rings is 1. The highest BCUT2D eigenvalue weighted by atomic mass is 35.5. The highest BCUT2D eigenvalue weighted by Gasteiger charge is 2.27. The molecule has 41 heavy (non-hydrogen) atoms. The molecule has 0 saturated carbocycles. The second-order valence-corrected chi connectivity index (χ2v) is 11.4. The highest BCUT2D eigenvalue weighted by molar-refractivity contribution is 6.30. The summed E-state index contributed by atoms with van der Waals surface area (Å²) in [6.07, 6.45) is 3.05. The molecule has 0 amide bonds. The number of rotatable bonds is 9. The number of hydrogen-bond donors (Lipinski definition) is 1. The molecule has 0 radical (unpaired) electrons. The molecule has 9 heteroatoms. The van der Waals surface area contributed by atoms with Gasteiger partial charge in [-0.15, -0.1) is 0 Å². The Hall–Kier alpha value is -3.46. The molecular formula is C32H33ClFN3O4. The van der Waals surface area contributed by atoms with Crippen LogP contribution in [0.25, 0.3) is 11.0 Å². The smallest absolute Gasteiger partial charge is 0.335 e. The van der Waals surface area contributed by atoms with E-state index in [2.05, 4.69) is 21.6 Å². The molecule has 3 aromatic carbocycles. The molecule has 6 rings (SSSR count). The molecule has 4 aromatic rings. The molecule has 214 valence electrons. The van der Waals surface area contributed by atoms with Gasteiger partial charge >= 0.3 is 5.97 Å². The average Bonchev–Trinajstić information content (AvgIpc) is 3.27. The number of aromatic carboxylic acids is 1. The van der Waals surface area contributed by atoms with Crippen LogP contribution in [-0.2, 0) is 24.4 Å². The van der Waals surface area contributed by atoms with Gasteiger partial charge in [0.15, 0.2) is 0 Å². The van der Waals surface area contributed by atoms with Gasteiger partial charge in [0, 0.05) is 17.2 Å². The molecule has 1 N–H and O–H groups in total. The quantitative estimate of drug-likeness (QED) is 0.242. The Morgan fingerprint density at radius 2 is 1.95 bits per heavy atom. The maximum atomic E-state index is 14.4. The van der Waals surface area contributed by atoms with Gasteiger partial charge in [-0.3, -0.25) is 4.90 Å². The van der Waals surface area contributed by atoms with Crippen molar-refractivity contribution in [1.82, 2.24) is 14.5 Å². The van der Waals surface area contributed by atoms with Crippen LogP contribution in [0.5, 0.6) is 5.75 Å². The number of aromatic nitrogens is 2. The lowest BCUT2D eigenvalue weighted by atomic mass is 9.88. The molecule has 0 aliphatic carbocycles. The number of piperidine rings is 1. The molecular weight excluding hydrogens is 545 g/mol. The average molecular weight is 578 g/mol. The summed E-state index contributed by atoms with van der Waals surface area (Å²) in [6, 6.07) is 16.0. The summed E-state index contributed by atoms with van der Waals surface area (Å²) in [7, 11) is 0. The minimum absolute atomic E-state index is 0.131. The summed E-state index contributed by atoms with van der Waals surface area (Å²) < 4.78 is 28.4. The van der Waals surface area contributed by atoms with Crippen molar-refractivity contribution >= 4 is 28.6 Å². The topological polar surface area (TPSA) is 76.8 Å². The largest absolute Gasteiger partial charge is 0.488 e. The number of hydrogen-bond acceptors (Lipinski definition) is 5. The number of carboxylic acid groups (broad SMARTS) is 1. The highest BCUT2D eigenvalue weighted by Crippen LogP contribution is 2.37. The van der Waals surface area contributed by atoms with Crippen LogP contribution in [0.15, 0.2) is 54.6 Å². The number of ether oxygens (including phenoxy) is 2. The fourth-order valence-electron chi connectivity index (χ4n) is 5.85. The van der Waals surface area contributed by atoms with Crippen molar-refractivity contribution in [3.05, 3.63) is 93.5 Å². The molecule has 2 saturated heterocycles. The maximum Gasteiger partial charge on any atom is 0.335 e. The summed E-state index contributed by atoms with van der Waals surface area (Å²) in [6.45, 7) is 6.08. The molecule has 2 fully saturated rings. The Labute approximate surface area is 243 Å². The molecule has 2 aliphatic rings. The number of likely N-dealkylation sites (tertiary alicyclic amines) is 1. The van der Waals surface area contributed by atoms with E-state index in [0.29, 0.717) is 29.6 Å². The van der Waals surface area contributed by atoms with Crippen LogP contribution < -0.4 is 4.74 Å². The zero-order valence-corrected chi connectivity index (χ0v) is 23.7. The van der Waals surface area contributed by atoms with Crippen LogP contribution >= 0.6 is 11.6 Å². The standard InChI is InChI=1S/C32H33ClFN3O4/c1-20-3-2-4-26(31(20)41-19-23-5-7-24(33)16-27(23)34)21-9-12-36(13-10-21)18-30-35-28-8-6-22(32(38)39)15-29(28)37(30)17-25-11-14-40-25/h2-8,15-16,21,25H,9-14,17-19H2,1H3,(H,38,39)/t25-/m0/s1. The summed E-state index contributed by atoms with van der Waals surface area (Å²) in [5, 5.41) is 9.89. The van der Waals surface area contributed by atoms with Crippen LogP contribution in [0.4, 0.5) is 4.39 Å². The van der Waals surface area contributed by atoms with E-state index in [1.165, 1.54) is 6.07 Å². The van der Waals surface area contributed by atoms with Crippen LogP contribution in [0.1, 0.15) is 58.1 Å². The van der Waals surface area contributed by atoms with E-state index in [1.807, 2.05) is 13.0 Å². The Bertz CT molecular complexity index is 1580. The first-order chi connectivity index (χ1) is 19.9. The lowest BCUT2D eigenvalue weighted by Crippen LogP contribution is -2.35. The monoisotopic (exact) mass is 577 g/mol. The van der Waals surface area contributed by atoms with Gasteiger partial charge in [-0.25, -0.2) is 14.2 Å². The molecule has 7 nitrogen and oxygen atoms in total. The maximum absolute atomic E-state index is 14.4. The van der Waals surface area contributed by atoms with Crippen LogP contribution in [0.3, 0.4) is 0 Å². The van der Waals surface area contributed by atoms with Crippen molar-refractivity contribution < 1.29 is 23.8 Å². The van der Waals surface area contributed by atoms with Gasteiger partial charge in [-0.1, -0.05) is 35.9 Å². The lowest BCUT2D eigenvalue weighted by Gasteiger charge is -2.33. The number of halogens is 2. The van der Waals surface area contributed by atoms with Crippen molar-refractivity contribution in [2.45, 2.75) is 57.9 Å². The van der Waals surface area contributed by atoms with Gasteiger partial charge in [0.05, 0.1) is 35.8 Å². The van der Waals surface area contributed by atoms with Crippen LogP contribution in [-0.4, -0.2) is 51.3 Å². The molecule has 0 unspecified atom stereocenters. The van der Waals surface area contributed by atoms with E-state index >= 15 is 0 Å². The molecule has 0 spiro atoms. The SMILES string of the molecule is Cc1cccc(C2CCN(Cc3nc4ccc(C(=O)O)cc4n3C[C@@H]3CCO3)CC2)c1OCc1ccc(Cl)cc1F. The van der Waals surface area contributed by atoms with E-state index in [4.69, 9.17) is 26.1 Å². The van der Waals surface area contributed by atoms with E-state index in [9.17, 15) is 14.3 Å². The molecule has 1 atom stereocenters. The van der Waals surface area contributed by atoms with Gasteiger partial charge in [0.25, 0.3) is 0 Å². The third-order valence-electron chi connectivity index (χ3n) is 8.28. The first-order valence-electron chi connectivity index (χ1n) is 14.1. The van der Waals surface area contributed by atoms with Crippen molar-refractivity contribution in [3.8, 4) is 5.75 Å². The predicted molar refractivity (Wildman–Crippen MR) is 155 cm³/mol. The van der Waals surface area contributed by atoms with E-state index in [0.717, 1.165) is 72.7 Å². The molecule has 1 aromatic heterocycles. The van der Waals surface area contributed by atoms with E-state index < -0.39 is 5.97 Å². The summed E-state index contributed by atoms with van der Waals surface area (Å²) in [4.78, 5) is 18.9. The summed E-state index contributed by atoms with van der Waals surface area (Å²) in [5.41, 5.74) is 4.57. The number of fused-ring (bicyclic) bond motifs is 1. The number of benzene rings is 3. The summed E-state index contributed by atoms with van der Waals surface area (Å²) in [5.74, 6) is 0.783. The minimum atomic E-state index is -0.944. The Balaban J connectivity index is 1.16. The number of nitrogens with zero attached hydrogens (tertiary/aromatic N) is 3. The van der Waals surface area contributed by atoms with Crippen LogP contribution in [0.2, 0.25) is 5.02 Å². The van der Waals surface area contributed by atoms with Crippen molar-refractivity contribution in [2.24, 2.45) is 0 Å². The van der Waals surface area contributed by atoms with Gasteiger partial charge in [0.2, 0.25) is 0 Å². The first kappa shape index (κ1) is 27.7. The van der Waals surface area contributed by atoms with Crippen molar-refractivity contribution in [2.75, 3.05) is 19.7 Å². The Kier molecular flexibility index (Phi) is 7.97. The second-order valence-electron chi connectivity index (χ2n) is 11.0. The number of para-hydroxylation sites is 1. The predicted octanol–water partition coefficient (Wildman–Crippen LogP) is 6.58.